The van der Waals surface area contributed by atoms with Crippen LogP contribution in [0.5, 0.6) is 11.5 Å². The fraction of sp³-hybridized carbons (Fsp3) is 0.500. The number of rotatable bonds is 24. The monoisotopic (exact) mass is 842 g/mol. The van der Waals surface area contributed by atoms with Gasteiger partial charge in [0.15, 0.2) is 0 Å². The highest BCUT2D eigenvalue weighted by atomic mass is 19.3. The van der Waals surface area contributed by atoms with E-state index in [4.69, 9.17) is 28.4 Å². The third-order valence-electron chi connectivity index (χ3n) is 11.0. The first-order valence-electron chi connectivity index (χ1n) is 21.4. The summed E-state index contributed by atoms with van der Waals surface area (Å²) in [5.41, 5.74) is -0.263. The molecule has 4 aromatic carbocycles. The standard InChI is InChI=1S/C48H56F6O6/c1-3-5-7-9-11-13-27-55-37-21-15-33(16-22-37)39-25-19-35(29-41(39)49)47(51,52)59-43-31-57-46-44(32-58-45(43)46)60-48(53,54)36-20-26-40(42(50)30-36)34-17-23-38(24-18-34)56-28-14-12-10-8-6-4-2/h15-26,29-30,43-46H,3-14,27-28,31-32H2,1-2H3/t43-,44+,45-,46-/m0/s1. The van der Waals surface area contributed by atoms with Crippen molar-refractivity contribution in [3.63, 3.8) is 0 Å². The van der Waals surface area contributed by atoms with Crippen LogP contribution >= 0.6 is 0 Å². The molecule has 2 heterocycles. The van der Waals surface area contributed by atoms with E-state index in [0.717, 1.165) is 37.8 Å². The van der Waals surface area contributed by atoms with Crippen LogP contribution in [0.3, 0.4) is 0 Å². The molecule has 6 nitrogen and oxygen atoms in total. The third kappa shape index (κ3) is 12.0. The number of fused-ring (bicyclic) bond motifs is 1. The molecule has 2 aliphatic heterocycles. The zero-order valence-electron chi connectivity index (χ0n) is 34.4. The fourth-order valence-corrected chi connectivity index (χ4v) is 7.61. The summed E-state index contributed by atoms with van der Waals surface area (Å²) in [6.07, 6.45) is 0.653. The average Bonchev–Trinajstić information content (AvgIpc) is 3.82. The molecule has 0 aliphatic carbocycles. The zero-order chi connectivity index (χ0) is 42.5. The van der Waals surface area contributed by atoms with E-state index in [1.807, 2.05) is 0 Å². The first kappa shape index (κ1) is 45.4. The second-order valence-electron chi connectivity index (χ2n) is 15.6. The molecule has 60 heavy (non-hydrogen) atoms. The van der Waals surface area contributed by atoms with Crippen molar-refractivity contribution < 1.29 is 54.8 Å². The molecule has 0 N–H and O–H groups in total. The van der Waals surface area contributed by atoms with Crippen LogP contribution in [0.25, 0.3) is 22.3 Å². The zero-order valence-corrected chi connectivity index (χ0v) is 34.4. The molecular formula is C48H56F6O6. The second-order valence-corrected chi connectivity index (χ2v) is 15.6. The van der Waals surface area contributed by atoms with E-state index in [9.17, 15) is 0 Å². The molecule has 0 unspecified atom stereocenters. The van der Waals surface area contributed by atoms with Crippen molar-refractivity contribution in [2.45, 2.75) is 128 Å². The highest BCUT2D eigenvalue weighted by molar-refractivity contribution is 5.66. The molecule has 0 spiro atoms. The van der Waals surface area contributed by atoms with E-state index < -0.39 is 72.6 Å². The molecule has 0 radical (unpaired) electrons. The molecule has 4 atom stereocenters. The van der Waals surface area contributed by atoms with E-state index in [1.165, 1.54) is 63.5 Å². The second kappa shape index (κ2) is 21.6. The van der Waals surface area contributed by atoms with Crippen molar-refractivity contribution in [3.05, 3.63) is 108 Å². The maximum Gasteiger partial charge on any atom is 0.383 e. The molecule has 2 saturated heterocycles. The summed E-state index contributed by atoms with van der Waals surface area (Å²) in [6.45, 7) is 4.69. The first-order chi connectivity index (χ1) is 29.0. The Labute approximate surface area is 349 Å². The summed E-state index contributed by atoms with van der Waals surface area (Å²) >= 11 is 0. The molecular weight excluding hydrogens is 787 g/mol. The highest BCUT2D eigenvalue weighted by Crippen LogP contribution is 2.42. The Morgan fingerprint density at radius 2 is 0.867 bits per heavy atom. The smallest absolute Gasteiger partial charge is 0.383 e. The summed E-state index contributed by atoms with van der Waals surface area (Å²) in [5.74, 6) is -0.486. The largest absolute Gasteiger partial charge is 0.494 e. The SMILES string of the molecule is CCCCCCCCOc1ccc(-c2ccc(C(F)(F)O[C@H]3CO[C@@H]4[C@H]3OC[C@H]4OC(F)(F)c3ccc(-c4ccc(OCCCCCCCC)cc4)c(F)c3)cc2F)cc1. The van der Waals surface area contributed by atoms with Gasteiger partial charge in [0, 0.05) is 11.1 Å². The van der Waals surface area contributed by atoms with Gasteiger partial charge in [0.05, 0.1) is 37.6 Å². The number of unbranched alkanes of at least 4 members (excludes halogenated alkanes) is 10. The van der Waals surface area contributed by atoms with Gasteiger partial charge in [-0.15, -0.1) is 0 Å². The first-order valence-corrected chi connectivity index (χ1v) is 21.4. The van der Waals surface area contributed by atoms with Gasteiger partial charge in [0.2, 0.25) is 0 Å². The minimum absolute atomic E-state index is 0.119. The Balaban J connectivity index is 0.989. The van der Waals surface area contributed by atoms with Crippen LogP contribution in [-0.4, -0.2) is 50.8 Å². The normalized spacial score (nSPS) is 19.1. The summed E-state index contributed by atoms with van der Waals surface area (Å²) in [4.78, 5) is 0. The Morgan fingerprint density at radius 3 is 1.23 bits per heavy atom. The molecule has 0 aromatic heterocycles. The van der Waals surface area contributed by atoms with Crippen LogP contribution in [-0.2, 0) is 31.2 Å². The van der Waals surface area contributed by atoms with Crippen LogP contribution in [0.1, 0.15) is 102 Å². The van der Waals surface area contributed by atoms with Crippen molar-refractivity contribution in [2.24, 2.45) is 0 Å². The summed E-state index contributed by atoms with van der Waals surface area (Å²) < 4.78 is 125. The molecule has 326 valence electrons. The summed E-state index contributed by atoms with van der Waals surface area (Å²) in [7, 11) is 0. The Morgan fingerprint density at radius 1 is 0.500 bits per heavy atom. The van der Waals surface area contributed by atoms with Gasteiger partial charge < -0.3 is 28.4 Å². The number of alkyl halides is 4. The molecule has 2 fully saturated rings. The van der Waals surface area contributed by atoms with Gasteiger partial charge in [-0.1, -0.05) is 114 Å². The molecule has 0 bridgehead atoms. The number of halogens is 6. The van der Waals surface area contributed by atoms with E-state index in [1.54, 1.807) is 48.5 Å². The van der Waals surface area contributed by atoms with Crippen LogP contribution in [0.2, 0.25) is 0 Å². The molecule has 4 aromatic rings. The lowest BCUT2D eigenvalue weighted by Gasteiger charge is -2.25. The van der Waals surface area contributed by atoms with E-state index >= 15 is 26.3 Å². The van der Waals surface area contributed by atoms with Crippen molar-refractivity contribution >= 4 is 0 Å². The molecule has 0 saturated carbocycles. The van der Waals surface area contributed by atoms with Gasteiger partial charge in [-0.2, -0.15) is 17.6 Å². The highest BCUT2D eigenvalue weighted by Gasteiger charge is 2.54. The topological polar surface area (TPSA) is 55.4 Å². The molecule has 12 heteroatoms. The minimum atomic E-state index is -3.97. The van der Waals surface area contributed by atoms with Gasteiger partial charge in [0.1, 0.15) is 47.5 Å². The molecule has 2 aliphatic rings. The summed E-state index contributed by atoms with van der Waals surface area (Å²) in [5, 5.41) is 0. The Hall–Kier alpha value is -4.10. The number of hydrogen-bond acceptors (Lipinski definition) is 6. The predicted molar refractivity (Wildman–Crippen MR) is 218 cm³/mol. The molecule has 0 amide bonds. The van der Waals surface area contributed by atoms with E-state index in [0.29, 0.717) is 48.0 Å². The van der Waals surface area contributed by atoms with Crippen LogP contribution in [0.15, 0.2) is 84.9 Å². The maximum atomic E-state index is 15.5. The Kier molecular flexibility index (Phi) is 16.4. The lowest BCUT2D eigenvalue weighted by Crippen LogP contribution is -2.39. The maximum absolute atomic E-state index is 15.5. The van der Waals surface area contributed by atoms with E-state index in [2.05, 4.69) is 13.8 Å². The van der Waals surface area contributed by atoms with Gasteiger partial charge in [0.25, 0.3) is 0 Å². The van der Waals surface area contributed by atoms with Crippen LogP contribution in [0.4, 0.5) is 26.3 Å². The minimum Gasteiger partial charge on any atom is -0.494 e. The van der Waals surface area contributed by atoms with Crippen molar-refractivity contribution in [1.29, 1.82) is 0 Å². The number of hydrogen-bond donors (Lipinski definition) is 0. The number of benzene rings is 4. The predicted octanol–water partition coefficient (Wildman–Crippen LogP) is 13.1. The fourth-order valence-electron chi connectivity index (χ4n) is 7.61. The molecule has 6 rings (SSSR count). The average molecular weight is 843 g/mol. The number of ether oxygens (including phenoxy) is 6. The third-order valence-corrected chi connectivity index (χ3v) is 11.0. The Bertz CT molecular complexity index is 1780. The van der Waals surface area contributed by atoms with E-state index in [-0.39, 0.29) is 11.1 Å². The lowest BCUT2D eigenvalue weighted by molar-refractivity contribution is -0.286. The van der Waals surface area contributed by atoms with Crippen molar-refractivity contribution in [2.75, 3.05) is 26.4 Å². The summed E-state index contributed by atoms with van der Waals surface area (Å²) in [6, 6.07) is 19.6. The van der Waals surface area contributed by atoms with Crippen LogP contribution < -0.4 is 9.47 Å². The van der Waals surface area contributed by atoms with Gasteiger partial charge >= 0.3 is 12.2 Å². The van der Waals surface area contributed by atoms with Gasteiger partial charge in [-0.25, -0.2) is 8.78 Å². The quantitative estimate of drug-likeness (QED) is 0.0517. The van der Waals surface area contributed by atoms with Crippen LogP contribution in [0, 0.1) is 11.6 Å². The van der Waals surface area contributed by atoms with Gasteiger partial charge in [-0.05, 0) is 72.5 Å². The van der Waals surface area contributed by atoms with Gasteiger partial charge in [-0.3, -0.25) is 0 Å². The van der Waals surface area contributed by atoms with Crippen molar-refractivity contribution in [1.82, 2.24) is 0 Å². The lowest BCUT2D eigenvalue weighted by atomic mass is 10.0. The van der Waals surface area contributed by atoms with Crippen molar-refractivity contribution in [3.8, 4) is 33.8 Å².